The van der Waals surface area contributed by atoms with Crippen molar-refractivity contribution in [1.82, 2.24) is 10.2 Å². The van der Waals surface area contributed by atoms with Gasteiger partial charge in [-0.05, 0) is 19.8 Å². The number of carbonyl (C=O) groups excluding carboxylic acids is 1. The molecule has 0 saturated heterocycles. The number of hydrogen-bond donors (Lipinski definition) is 2. The molecule has 5 nitrogen and oxygen atoms in total. The Bertz CT molecular complexity index is 361. The Morgan fingerprint density at radius 1 is 1.31 bits per heavy atom. The van der Waals surface area contributed by atoms with E-state index in [1.807, 2.05) is 0 Å². The third-order valence-corrected chi connectivity index (χ3v) is 4.54. The Labute approximate surface area is 95.2 Å². The lowest BCUT2D eigenvalue weighted by atomic mass is 9.98. The van der Waals surface area contributed by atoms with Crippen molar-refractivity contribution in [2.45, 2.75) is 45.1 Å². The molecule has 1 heterocycles. The molecular formula is C10H17N2O3P. The molecule has 1 aliphatic heterocycles. The summed E-state index contributed by atoms with van der Waals surface area (Å²) in [4.78, 5) is 11.3. The first-order chi connectivity index (χ1) is 7.57. The Hall–Kier alpha value is -0.800. The summed E-state index contributed by atoms with van der Waals surface area (Å²) in [5.41, 5.74) is 0.586. The van der Waals surface area contributed by atoms with Crippen LogP contribution in [0.5, 0.6) is 0 Å². The molecule has 16 heavy (non-hydrogen) atoms. The third-order valence-electron chi connectivity index (χ3n) is 2.78. The van der Waals surface area contributed by atoms with Crippen molar-refractivity contribution in [3.8, 4) is 0 Å². The fraction of sp³-hybridized carbons (Fsp3) is 0.700. The summed E-state index contributed by atoms with van der Waals surface area (Å²) >= 11 is 0. The van der Waals surface area contributed by atoms with Gasteiger partial charge in [0.05, 0.1) is 6.10 Å². The first-order valence-corrected chi connectivity index (χ1v) is 7.27. The summed E-state index contributed by atoms with van der Waals surface area (Å²) in [5.74, 6) is -0.351. The SMILES string of the molecule is CC1=CC(=O)NP(=O)(OC2CCCCC2)N1. The molecule has 2 N–H and O–H groups in total. The summed E-state index contributed by atoms with van der Waals surface area (Å²) in [7, 11) is -3.21. The largest absolute Gasteiger partial charge is 0.394 e. The Morgan fingerprint density at radius 2 is 2.00 bits per heavy atom. The minimum atomic E-state index is -3.21. The first kappa shape index (κ1) is 11.7. The Kier molecular flexibility index (Phi) is 3.36. The predicted molar refractivity (Wildman–Crippen MR) is 60.6 cm³/mol. The highest BCUT2D eigenvalue weighted by Gasteiger charge is 2.32. The molecule has 1 aliphatic carbocycles. The van der Waals surface area contributed by atoms with Crippen LogP contribution >= 0.6 is 7.67 Å². The third kappa shape index (κ3) is 2.86. The zero-order chi connectivity index (χ0) is 11.6. The summed E-state index contributed by atoms with van der Waals surface area (Å²) < 4.78 is 17.7. The molecule has 6 heteroatoms. The Balaban J connectivity index is 2.00. The van der Waals surface area contributed by atoms with Gasteiger partial charge in [-0.2, -0.15) is 0 Å². The van der Waals surface area contributed by atoms with Gasteiger partial charge in [0, 0.05) is 11.8 Å². The highest BCUT2D eigenvalue weighted by atomic mass is 31.2. The van der Waals surface area contributed by atoms with Crippen molar-refractivity contribution in [3.05, 3.63) is 11.8 Å². The lowest BCUT2D eigenvalue weighted by Crippen LogP contribution is -2.34. The van der Waals surface area contributed by atoms with Crippen LogP contribution < -0.4 is 10.2 Å². The van der Waals surface area contributed by atoms with Gasteiger partial charge >= 0.3 is 7.67 Å². The lowest BCUT2D eigenvalue weighted by molar-refractivity contribution is -0.115. The van der Waals surface area contributed by atoms with E-state index in [0.29, 0.717) is 5.70 Å². The molecular weight excluding hydrogens is 227 g/mol. The van der Waals surface area contributed by atoms with Gasteiger partial charge in [0.1, 0.15) is 0 Å². The van der Waals surface area contributed by atoms with Crippen LogP contribution in [0.1, 0.15) is 39.0 Å². The zero-order valence-electron chi connectivity index (χ0n) is 9.36. The van der Waals surface area contributed by atoms with Gasteiger partial charge in [0.25, 0.3) is 5.91 Å². The normalized spacial score (nSPS) is 31.6. The van der Waals surface area contributed by atoms with Gasteiger partial charge in [-0.3, -0.25) is 14.4 Å². The molecule has 1 atom stereocenters. The molecule has 1 saturated carbocycles. The zero-order valence-corrected chi connectivity index (χ0v) is 10.3. The van der Waals surface area contributed by atoms with Gasteiger partial charge < -0.3 is 5.09 Å². The number of nitrogens with one attached hydrogen (secondary N) is 2. The average molecular weight is 244 g/mol. The fourth-order valence-electron chi connectivity index (χ4n) is 2.10. The highest BCUT2D eigenvalue weighted by molar-refractivity contribution is 7.55. The molecule has 90 valence electrons. The topological polar surface area (TPSA) is 67.4 Å². The summed E-state index contributed by atoms with van der Waals surface area (Å²) in [6.45, 7) is 1.70. The van der Waals surface area contributed by atoms with E-state index in [4.69, 9.17) is 4.52 Å². The second-order valence-corrected chi connectivity index (χ2v) is 6.09. The molecule has 1 fully saturated rings. The fourth-order valence-corrected chi connectivity index (χ4v) is 3.78. The van der Waals surface area contributed by atoms with E-state index in [-0.39, 0.29) is 12.0 Å². The van der Waals surface area contributed by atoms with Gasteiger partial charge in [-0.25, -0.2) is 4.57 Å². The minimum Gasteiger partial charge on any atom is -0.302 e. The van der Waals surface area contributed by atoms with Crippen LogP contribution in [-0.4, -0.2) is 12.0 Å². The van der Waals surface area contributed by atoms with Gasteiger partial charge in [0.15, 0.2) is 0 Å². The van der Waals surface area contributed by atoms with E-state index in [1.54, 1.807) is 6.92 Å². The molecule has 2 aliphatic rings. The van der Waals surface area contributed by atoms with Gasteiger partial charge in [-0.1, -0.05) is 19.3 Å². The predicted octanol–water partition coefficient (Wildman–Crippen LogP) is 2.07. The maximum atomic E-state index is 12.2. The van der Waals surface area contributed by atoms with Crippen molar-refractivity contribution < 1.29 is 13.9 Å². The second-order valence-electron chi connectivity index (χ2n) is 4.33. The first-order valence-electron chi connectivity index (χ1n) is 5.65. The molecule has 2 rings (SSSR count). The summed E-state index contributed by atoms with van der Waals surface area (Å²) in [6, 6.07) is 0. The second kappa shape index (κ2) is 4.60. The Morgan fingerprint density at radius 3 is 2.62 bits per heavy atom. The maximum Gasteiger partial charge on any atom is 0.394 e. The van der Waals surface area contributed by atoms with Crippen LogP contribution in [0.3, 0.4) is 0 Å². The van der Waals surface area contributed by atoms with Crippen molar-refractivity contribution in [2.75, 3.05) is 0 Å². The van der Waals surface area contributed by atoms with Crippen molar-refractivity contribution in [1.29, 1.82) is 0 Å². The molecule has 0 radical (unpaired) electrons. The van der Waals surface area contributed by atoms with Crippen molar-refractivity contribution >= 4 is 13.6 Å². The standard InChI is InChI=1S/C10H17N2O3P/c1-8-7-10(13)12-16(14,11-8)15-9-5-3-2-4-6-9/h7,9H,2-6H2,1H3,(H2,11,12,13,14). The summed E-state index contributed by atoms with van der Waals surface area (Å²) in [6.07, 6.45) is 6.64. The number of carbonyl (C=O) groups is 1. The van der Waals surface area contributed by atoms with Crippen LogP contribution in [0.2, 0.25) is 0 Å². The molecule has 0 aromatic rings. The minimum absolute atomic E-state index is 0.00159. The van der Waals surface area contributed by atoms with Crippen LogP contribution in [0.25, 0.3) is 0 Å². The van der Waals surface area contributed by atoms with E-state index >= 15 is 0 Å². The monoisotopic (exact) mass is 244 g/mol. The maximum absolute atomic E-state index is 12.2. The molecule has 0 spiro atoms. The molecule has 0 aromatic heterocycles. The smallest absolute Gasteiger partial charge is 0.302 e. The van der Waals surface area contributed by atoms with E-state index < -0.39 is 7.67 Å². The van der Waals surface area contributed by atoms with E-state index in [1.165, 1.54) is 12.5 Å². The molecule has 0 aromatic carbocycles. The lowest BCUT2D eigenvalue weighted by Gasteiger charge is -2.30. The van der Waals surface area contributed by atoms with E-state index in [9.17, 15) is 9.36 Å². The number of amides is 1. The van der Waals surface area contributed by atoms with Crippen LogP contribution in [0, 0.1) is 0 Å². The average Bonchev–Trinajstić information content (AvgIpc) is 2.15. The van der Waals surface area contributed by atoms with Gasteiger partial charge in [0.2, 0.25) is 0 Å². The quantitative estimate of drug-likeness (QED) is 0.730. The van der Waals surface area contributed by atoms with Crippen molar-refractivity contribution in [3.63, 3.8) is 0 Å². The number of hydrogen-bond acceptors (Lipinski definition) is 3. The molecule has 1 amide bonds. The molecule has 0 bridgehead atoms. The summed E-state index contributed by atoms with van der Waals surface area (Å²) in [5, 5.41) is 5.11. The number of rotatable bonds is 2. The van der Waals surface area contributed by atoms with Gasteiger partial charge in [-0.15, -0.1) is 0 Å². The van der Waals surface area contributed by atoms with Crippen LogP contribution in [0.4, 0.5) is 0 Å². The number of allylic oxidation sites excluding steroid dienone is 1. The van der Waals surface area contributed by atoms with Crippen LogP contribution in [-0.2, 0) is 13.9 Å². The van der Waals surface area contributed by atoms with Crippen molar-refractivity contribution in [2.24, 2.45) is 0 Å². The van der Waals surface area contributed by atoms with Crippen LogP contribution in [0.15, 0.2) is 11.8 Å². The molecule has 1 unspecified atom stereocenters. The highest BCUT2D eigenvalue weighted by Crippen LogP contribution is 2.44. The van der Waals surface area contributed by atoms with E-state index in [0.717, 1.165) is 25.7 Å². The van der Waals surface area contributed by atoms with E-state index in [2.05, 4.69) is 10.2 Å².